The van der Waals surface area contributed by atoms with Crippen molar-refractivity contribution in [2.75, 3.05) is 0 Å². The smallest absolute Gasteiger partial charge is 0.0948 e. The van der Waals surface area contributed by atoms with Crippen molar-refractivity contribution in [3.8, 4) is 0 Å². The molecule has 1 aliphatic heterocycles. The van der Waals surface area contributed by atoms with Crippen molar-refractivity contribution in [2.45, 2.75) is 32.4 Å². The lowest BCUT2D eigenvalue weighted by atomic mass is 9.90. The van der Waals surface area contributed by atoms with Crippen LogP contribution < -0.4 is 5.73 Å². The zero-order valence-electron chi connectivity index (χ0n) is 7.40. The second kappa shape index (κ2) is 2.90. The van der Waals surface area contributed by atoms with Gasteiger partial charge in [0.2, 0.25) is 0 Å². The number of hydrogen-bond acceptors (Lipinski definition) is 2. The Morgan fingerprint density at radius 2 is 2.58 bits per heavy atom. The molecule has 0 spiro atoms. The van der Waals surface area contributed by atoms with Crippen LogP contribution >= 0.6 is 0 Å². The summed E-state index contributed by atoms with van der Waals surface area (Å²) in [6, 6.07) is 0.314. The van der Waals surface area contributed by atoms with Crippen LogP contribution in [0.25, 0.3) is 0 Å². The fourth-order valence-electron chi connectivity index (χ4n) is 1.84. The Kier molecular flexibility index (Phi) is 1.89. The second-order valence-corrected chi connectivity index (χ2v) is 3.69. The van der Waals surface area contributed by atoms with Gasteiger partial charge in [-0.25, -0.2) is 4.98 Å². The van der Waals surface area contributed by atoms with Crippen molar-refractivity contribution in [1.29, 1.82) is 0 Å². The van der Waals surface area contributed by atoms with Crippen molar-refractivity contribution in [1.82, 2.24) is 9.55 Å². The van der Waals surface area contributed by atoms with Crippen molar-refractivity contribution in [3.63, 3.8) is 0 Å². The van der Waals surface area contributed by atoms with Crippen LogP contribution in [0.4, 0.5) is 0 Å². The normalized spacial score (nSPS) is 25.0. The van der Waals surface area contributed by atoms with Gasteiger partial charge in [-0.05, 0) is 25.7 Å². The Morgan fingerprint density at radius 3 is 3.33 bits per heavy atom. The van der Waals surface area contributed by atoms with E-state index in [1.165, 1.54) is 12.1 Å². The molecule has 3 heteroatoms. The van der Waals surface area contributed by atoms with Gasteiger partial charge >= 0.3 is 0 Å². The van der Waals surface area contributed by atoms with Crippen LogP contribution in [-0.4, -0.2) is 15.6 Å². The summed E-state index contributed by atoms with van der Waals surface area (Å²) in [6.07, 6.45) is 6.15. The van der Waals surface area contributed by atoms with Gasteiger partial charge in [0, 0.05) is 24.5 Å². The van der Waals surface area contributed by atoms with Crippen LogP contribution in [0.5, 0.6) is 0 Å². The summed E-state index contributed by atoms with van der Waals surface area (Å²) in [4.78, 5) is 4.12. The highest BCUT2D eigenvalue weighted by molar-refractivity contribution is 5.03. The van der Waals surface area contributed by atoms with Crippen LogP contribution in [0, 0.1) is 5.92 Å². The first kappa shape index (κ1) is 7.80. The van der Waals surface area contributed by atoms with Gasteiger partial charge in [0.05, 0.1) is 6.33 Å². The zero-order valence-corrected chi connectivity index (χ0v) is 7.40. The second-order valence-electron chi connectivity index (χ2n) is 3.69. The first-order chi connectivity index (χ1) is 5.77. The molecule has 2 rings (SSSR count). The van der Waals surface area contributed by atoms with E-state index in [-0.39, 0.29) is 0 Å². The van der Waals surface area contributed by atoms with E-state index in [2.05, 4.69) is 16.5 Å². The molecule has 1 aliphatic rings. The third-order valence-electron chi connectivity index (χ3n) is 2.75. The Morgan fingerprint density at radius 1 is 1.75 bits per heavy atom. The minimum Gasteiger partial charge on any atom is -0.335 e. The SMILES string of the molecule is CC(N)C1CCn2cncc2C1. The molecule has 12 heavy (non-hydrogen) atoms. The summed E-state index contributed by atoms with van der Waals surface area (Å²) in [5.41, 5.74) is 7.20. The first-order valence-corrected chi connectivity index (χ1v) is 4.52. The molecule has 3 nitrogen and oxygen atoms in total. The van der Waals surface area contributed by atoms with Crippen LogP contribution in [0.3, 0.4) is 0 Å². The highest BCUT2D eigenvalue weighted by Gasteiger charge is 2.20. The standard InChI is InChI=1S/C9H15N3/c1-7(10)8-2-3-12-6-11-5-9(12)4-8/h5-8H,2-4,10H2,1H3. The average molecular weight is 165 g/mol. The molecule has 0 fully saturated rings. The van der Waals surface area contributed by atoms with Crippen LogP contribution in [0.15, 0.2) is 12.5 Å². The number of fused-ring (bicyclic) bond motifs is 1. The lowest BCUT2D eigenvalue weighted by Crippen LogP contribution is -2.32. The average Bonchev–Trinajstić information content (AvgIpc) is 2.49. The summed E-state index contributed by atoms with van der Waals surface area (Å²) in [5, 5.41) is 0. The number of rotatable bonds is 1. The van der Waals surface area contributed by atoms with Crippen LogP contribution in [0.1, 0.15) is 19.0 Å². The van der Waals surface area contributed by atoms with Crippen LogP contribution in [-0.2, 0) is 13.0 Å². The molecule has 0 saturated heterocycles. The van der Waals surface area contributed by atoms with Crippen molar-refractivity contribution in [3.05, 3.63) is 18.2 Å². The van der Waals surface area contributed by atoms with Gasteiger partial charge in [0.25, 0.3) is 0 Å². The Bertz CT molecular complexity index is 264. The van der Waals surface area contributed by atoms with Crippen molar-refractivity contribution >= 4 is 0 Å². The van der Waals surface area contributed by atoms with Gasteiger partial charge in [-0.2, -0.15) is 0 Å². The number of nitrogens with two attached hydrogens (primary N) is 1. The highest BCUT2D eigenvalue weighted by Crippen LogP contribution is 2.21. The lowest BCUT2D eigenvalue weighted by Gasteiger charge is -2.26. The lowest BCUT2D eigenvalue weighted by molar-refractivity contribution is 0.343. The van der Waals surface area contributed by atoms with E-state index in [1.54, 1.807) is 0 Å². The Labute approximate surface area is 72.6 Å². The topological polar surface area (TPSA) is 43.8 Å². The van der Waals surface area contributed by atoms with Gasteiger partial charge < -0.3 is 10.3 Å². The maximum absolute atomic E-state index is 5.86. The maximum atomic E-state index is 5.86. The zero-order chi connectivity index (χ0) is 8.55. The molecule has 66 valence electrons. The molecule has 1 aromatic heterocycles. The largest absolute Gasteiger partial charge is 0.335 e. The third kappa shape index (κ3) is 1.25. The van der Waals surface area contributed by atoms with Gasteiger partial charge in [0.15, 0.2) is 0 Å². The molecule has 2 heterocycles. The fraction of sp³-hybridized carbons (Fsp3) is 0.667. The molecule has 0 bridgehead atoms. The van der Waals surface area contributed by atoms with E-state index in [0.29, 0.717) is 12.0 Å². The summed E-state index contributed by atoms with van der Waals surface area (Å²) < 4.78 is 2.22. The predicted molar refractivity (Wildman–Crippen MR) is 47.7 cm³/mol. The molecule has 0 radical (unpaired) electrons. The number of aromatic nitrogens is 2. The summed E-state index contributed by atoms with van der Waals surface area (Å²) in [5.74, 6) is 0.647. The van der Waals surface area contributed by atoms with E-state index in [9.17, 15) is 0 Å². The fourth-order valence-corrected chi connectivity index (χ4v) is 1.84. The summed E-state index contributed by atoms with van der Waals surface area (Å²) in [7, 11) is 0. The molecular formula is C9H15N3. The molecule has 0 saturated carbocycles. The minimum absolute atomic E-state index is 0.314. The van der Waals surface area contributed by atoms with Gasteiger partial charge in [-0.15, -0.1) is 0 Å². The first-order valence-electron chi connectivity index (χ1n) is 4.52. The number of nitrogens with zero attached hydrogens (tertiary/aromatic N) is 2. The molecular weight excluding hydrogens is 150 g/mol. The van der Waals surface area contributed by atoms with E-state index >= 15 is 0 Å². The number of imidazole rings is 1. The maximum Gasteiger partial charge on any atom is 0.0948 e. The van der Waals surface area contributed by atoms with Crippen molar-refractivity contribution in [2.24, 2.45) is 11.7 Å². The molecule has 0 aromatic carbocycles. The molecule has 0 amide bonds. The monoisotopic (exact) mass is 165 g/mol. The molecule has 2 N–H and O–H groups in total. The molecule has 2 unspecified atom stereocenters. The Balaban J connectivity index is 2.15. The minimum atomic E-state index is 0.314. The third-order valence-corrected chi connectivity index (χ3v) is 2.75. The summed E-state index contributed by atoms with van der Waals surface area (Å²) >= 11 is 0. The number of aryl methyl sites for hydroxylation is 1. The van der Waals surface area contributed by atoms with Gasteiger partial charge in [0.1, 0.15) is 0 Å². The van der Waals surface area contributed by atoms with E-state index in [0.717, 1.165) is 13.0 Å². The molecule has 0 aliphatic carbocycles. The summed E-state index contributed by atoms with van der Waals surface area (Å²) in [6.45, 7) is 3.18. The van der Waals surface area contributed by atoms with Crippen molar-refractivity contribution < 1.29 is 0 Å². The molecule has 2 atom stereocenters. The Hall–Kier alpha value is -0.830. The highest BCUT2D eigenvalue weighted by atomic mass is 15.1. The van der Waals surface area contributed by atoms with E-state index in [4.69, 9.17) is 5.73 Å². The quantitative estimate of drug-likeness (QED) is 0.668. The van der Waals surface area contributed by atoms with E-state index in [1.807, 2.05) is 12.5 Å². The van der Waals surface area contributed by atoms with Gasteiger partial charge in [-0.3, -0.25) is 0 Å². The van der Waals surface area contributed by atoms with Crippen LogP contribution in [0.2, 0.25) is 0 Å². The molecule has 1 aromatic rings. The number of hydrogen-bond donors (Lipinski definition) is 1. The van der Waals surface area contributed by atoms with E-state index < -0.39 is 0 Å². The van der Waals surface area contributed by atoms with Gasteiger partial charge in [-0.1, -0.05) is 0 Å². The predicted octanol–water partition coefficient (Wildman–Crippen LogP) is 0.793.